The van der Waals surface area contributed by atoms with Gasteiger partial charge in [-0.1, -0.05) is 60.6 Å². The molecule has 43 heavy (non-hydrogen) atoms. The number of hydrogen-bond acceptors (Lipinski definition) is 4. The zero-order valence-corrected chi connectivity index (χ0v) is 28.7. The zero-order chi connectivity index (χ0) is 32.0. The summed E-state index contributed by atoms with van der Waals surface area (Å²) in [6.07, 6.45) is 11.0. The van der Waals surface area contributed by atoms with Gasteiger partial charge in [-0.15, -0.1) is 0 Å². The summed E-state index contributed by atoms with van der Waals surface area (Å²) in [7, 11) is 0. The summed E-state index contributed by atoms with van der Waals surface area (Å²) in [5.41, 5.74) is 0.948. The molecular weight excluding hydrogens is 536 g/mol. The van der Waals surface area contributed by atoms with Crippen molar-refractivity contribution in [1.29, 1.82) is 0 Å². The molecule has 0 aromatic rings. The summed E-state index contributed by atoms with van der Waals surface area (Å²) in [5.74, 6) is 1.81. The highest BCUT2D eigenvalue weighted by Gasteiger charge is 2.71. The van der Waals surface area contributed by atoms with Gasteiger partial charge in [-0.3, -0.25) is 14.4 Å². The van der Waals surface area contributed by atoms with Gasteiger partial charge in [0.15, 0.2) is 0 Å². The Morgan fingerprint density at radius 2 is 1.49 bits per heavy atom. The van der Waals surface area contributed by atoms with Crippen LogP contribution in [0.1, 0.15) is 139 Å². The van der Waals surface area contributed by atoms with Crippen LogP contribution in [0.4, 0.5) is 0 Å². The minimum Gasteiger partial charge on any atom is -0.481 e. The van der Waals surface area contributed by atoms with Crippen LogP contribution >= 0.6 is 0 Å². The lowest BCUT2D eigenvalue weighted by Gasteiger charge is -2.73. The monoisotopic (exact) mass is 596 g/mol. The van der Waals surface area contributed by atoms with Crippen LogP contribution in [0.25, 0.3) is 0 Å². The molecule has 5 aliphatic rings. The lowest BCUT2D eigenvalue weighted by molar-refractivity contribution is -0.249. The van der Waals surface area contributed by atoms with Crippen LogP contribution in [0.15, 0.2) is 12.2 Å². The molecule has 5 nitrogen and oxygen atoms in total. The van der Waals surface area contributed by atoms with E-state index >= 15 is 0 Å². The van der Waals surface area contributed by atoms with Crippen molar-refractivity contribution in [2.24, 2.45) is 62.1 Å². The first-order chi connectivity index (χ1) is 19.7. The Bertz CT molecular complexity index is 1180. The van der Waals surface area contributed by atoms with E-state index in [4.69, 9.17) is 4.74 Å². The molecule has 242 valence electrons. The number of carbonyl (C=O) groups is 3. The van der Waals surface area contributed by atoms with Crippen molar-refractivity contribution in [3.05, 3.63) is 12.2 Å². The Morgan fingerprint density at radius 1 is 0.814 bits per heavy atom. The van der Waals surface area contributed by atoms with Crippen molar-refractivity contribution in [2.45, 2.75) is 145 Å². The third-order valence-corrected chi connectivity index (χ3v) is 15.2. The topological polar surface area (TPSA) is 80.7 Å². The number of ether oxygens (including phenoxy) is 1. The van der Waals surface area contributed by atoms with Gasteiger partial charge in [0, 0.05) is 10.8 Å². The maximum Gasteiger partial charge on any atom is 0.306 e. The molecule has 5 fully saturated rings. The summed E-state index contributed by atoms with van der Waals surface area (Å²) in [4.78, 5) is 37.8. The number of Topliss-reactive ketones (excluding diaryl/α,β-unsaturated/α-hetero) is 1. The Balaban J connectivity index is 1.40. The molecule has 5 heteroatoms. The van der Waals surface area contributed by atoms with Crippen molar-refractivity contribution in [3.63, 3.8) is 0 Å². The molecule has 0 aromatic heterocycles. The van der Waals surface area contributed by atoms with E-state index in [2.05, 4.69) is 48.1 Å². The van der Waals surface area contributed by atoms with Crippen LogP contribution in [0.5, 0.6) is 0 Å². The summed E-state index contributed by atoms with van der Waals surface area (Å²) in [6, 6.07) is 0. The second-order valence-corrected chi connectivity index (χ2v) is 18.1. The molecule has 0 unspecified atom stereocenters. The number of carbonyl (C=O) groups excluding carboxylic acids is 2. The fourth-order valence-electron chi connectivity index (χ4n) is 13.0. The first kappa shape index (κ1) is 32.7. The predicted octanol–water partition coefficient (Wildman–Crippen LogP) is 9.04. The van der Waals surface area contributed by atoms with Crippen molar-refractivity contribution in [2.75, 3.05) is 0 Å². The Morgan fingerprint density at radius 3 is 2.09 bits per heavy atom. The highest BCUT2D eigenvalue weighted by molar-refractivity contribution is 5.83. The number of hydrogen-bond donors (Lipinski definition) is 1. The van der Waals surface area contributed by atoms with Gasteiger partial charge in [0.1, 0.15) is 11.9 Å². The van der Waals surface area contributed by atoms with E-state index in [1.165, 1.54) is 24.8 Å². The fraction of sp³-hybridized carbons (Fsp3) is 0.868. The van der Waals surface area contributed by atoms with Gasteiger partial charge in [0.05, 0.1) is 12.8 Å². The van der Waals surface area contributed by atoms with E-state index in [9.17, 15) is 19.5 Å². The largest absolute Gasteiger partial charge is 0.481 e. The van der Waals surface area contributed by atoms with Crippen molar-refractivity contribution in [1.82, 2.24) is 0 Å². The molecule has 0 radical (unpaired) electrons. The number of rotatable bonds is 7. The standard InChI is InChI=1S/C38H60O5/c1-23(2)25-13-18-38(24(3)39)20-19-36(9)26(32(25)38)11-12-28-35(8)16-15-29(34(6,7)27(35)14-17-37(28,36)10)43-31(42)22-33(4,5)21-30(40)41/h25-29,32H,1,11-22H2,2-10H3,(H,40,41)/t25-,26+,27-,28+,29-,32+,35-,36+,37+,38+/m0/s1. The second-order valence-electron chi connectivity index (χ2n) is 18.1. The van der Waals surface area contributed by atoms with Crippen molar-refractivity contribution < 1.29 is 24.2 Å². The van der Waals surface area contributed by atoms with Gasteiger partial charge in [-0.25, -0.2) is 0 Å². The number of esters is 1. The van der Waals surface area contributed by atoms with Crippen LogP contribution < -0.4 is 0 Å². The van der Waals surface area contributed by atoms with Gasteiger partial charge < -0.3 is 9.84 Å². The number of ketones is 1. The van der Waals surface area contributed by atoms with Gasteiger partial charge in [0.2, 0.25) is 0 Å². The molecule has 0 aromatic carbocycles. The summed E-state index contributed by atoms with van der Waals surface area (Å²) in [5, 5.41) is 9.28. The molecule has 0 saturated heterocycles. The van der Waals surface area contributed by atoms with Crippen LogP contribution in [-0.2, 0) is 19.1 Å². The maximum atomic E-state index is 13.4. The lowest BCUT2D eigenvalue weighted by atomic mass is 9.32. The van der Waals surface area contributed by atoms with Gasteiger partial charge >= 0.3 is 11.9 Å². The fourth-order valence-corrected chi connectivity index (χ4v) is 13.0. The summed E-state index contributed by atoms with van der Waals surface area (Å²) < 4.78 is 6.23. The average molecular weight is 597 g/mol. The molecule has 0 heterocycles. The number of allylic oxidation sites excluding steroid dienone is 1. The molecule has 10 atom stereocenters. The SMILES string of the molecule is C=C(C)[C@@H]1CC[C@]2(C(C)=O)CC[C@]3(C)[C@H](CC[C@@H]4[C@@]5(C)CC[C@H](OC(=O)CC(C)(C)CC(=O)O)C(C)(C)[C@@H]5CC[C@]43C)[C@@H]12. The minimum absolute atomic E-state index is 0.0433. The normalized spacial score (nSPS) is 45.1. The lowest BCUT2D eigenvalue weighted by Crippen LogP contribution is -2.67. The van der Waals surface area contributed by atoms with Gasteiger partial charge in [-0.2, -0.15) is 0 Å². The van der Waals surface area contributed by atoms with E-state index in [-0.39, 0.29) is 52.0 Å². The Kier molecular flexibility index (Phi) is 7.95. The van der Waals surface area contributed by atoms with Gasteiger partial charge in [-0.05, 0) is 129 Å². The molecule has 0 bridgehead atoms. The maximum absolute atomic E-state index is 13.4. The molecule has 0 spiro atoms. The molecule has 5 saturated carbocycles. The first-order valence-electron chi connectivity index (χ1n) is 17.3. The third kappa shape index (κ3) is 4.79. The number of fused-ring (bicyclic) bond motifs is 7. The predicted molar refractivity (Wildman–Crippen MR) is 170 cm³/mol. The molecule has 1 N–H and O–H groups in total. The van der Waals surface area contributed by atoms with E-state index in [0.717, 1.165) is 44.9 Å². The molecular formula is C38H60O5. The average Bonchev–Trinajstić information content (AvgIpc) is 3.26. The summed E-state index contributed by atoms with van der Waals surface area (Å²) in [6.45, 7) is 24.6. The van der Waals surface area contributed by atoms with Crippen LogP contribution in [-0.4, -0.2) is 28.9 Å². The minimum atomic E-state index is -0.881. The summed E-state index contributed by atoms with van der Waals surface area (Å²) >= 11 is 0. The first-order valence-corrected chi connectivity index (χ1v) is 17.3. The molecule has 5 rings (SSSR count). The Labute approximate surface area is 261 Å². The number of carboxylic acid groups (broad SMARTS) is 1. The van der Waals surface area contributed by atoms with Crippen LogP contribution in [0.2, 0.25) is 0 Å². The van der Waals surface area contributed by atoms with Crippen LogP contribution in [0.3, 0.4) is 0 Å². The smallest absolute Gasteiger partial charge is 0.306 e. The molecule has 0 amide bonds. The van der Waals surface area contributed by atoms with E-state index in [1.54, 1.807) is 0 Å². The third-order valence-electron chi connectivity index (χ3n) is 15.2. The molecule has 5 aliphatic carbocycles. The van der Waals surface area contributed by atoms with Crippen LogP contribution in [0, 0.1) is 62.1 Å². The number of carboxylic acids is 1. The quantitative estimate of drug-likeness (QED) is 0.234. The van der Waals surface area contributed by atoms with E-state index < -0.39 is 11.4 Å². The highest BCUT2D eigenvalue weighted by Crippen LogP contribution is 2.77. The molecule has 0 aliphatic heterocycles. The van der Waals surface area contributed by atoms with Gasteiger partial charge in [0.25, 0.3) is 0 Å². The second kappa shape index (κ2) is 10.4. The van der Waals surface area contributed by atoms with E-state index in [1.807, 2.05) is 20.8 Å². The highest BCUT2D eigenvalue weighted by atomic mass is 16.5. The van der Waals surface area contributed by atoms with Crippen molar-refractivity contribution >= 4 is 17.7 Å². The zero-order valence-electron chi connectivity index (χ0n) is 28.7. The Hall–Kier alpha value is -1.65. The van der Waals surface area contributed by atoms with E-state index in [0.29, 0.717) is 35.4 Å². The van der Waals surface area contributed by atoms with Crippen molar-refractivity contribution in [3.8, 4) is 0 Å². The number of aliphatic carboxylic acids is 1.